The molecule has 2 aliphatic carbocycles. The molecule has 2 heteroatoms. The van der Waals surface area contributed by atoms with Crippen molar-refractivity contribution in [2.45, 2.75) is 182 Å². The van der Waals surface area contributed by atoms with E-state index in [0.29, 0.717) is 0 Å². The van der Waals surface area contributed by atoms with E-state index in [0.717, 1.165) is 48.4 Å². The number of hydrogen-bond acceptors (Lipinski definition) is 2. The van der Waals surface area contributed by atoms with Gasteiger partial charge in [0.1, 0.15) is 11.5 Å². The van der Waals surface area contributed by atoms with Gasteiger partial charge in [-0.3, -0.25) is 0 Å². The highest BCUT2D eigenvalue weighted by atomic mass is 16.5. The molecule has 2 fully saturated rings. The van der Waals surface area contributed by atoms with Gasteiger partial charge in [0.05, 0.1) is 13.2 Å². The molecule has 2 saturated carbocycles. The van der Waals surface area contributed by atoms with Crippen molar-refractivity contribution in [2.24, 2.45) is 23.7 Å². The Hall–Kier alpha value is -1.96. The van der Waals surface area contributed by atoms with Gasteiger partial charge in [0, 0.05) is 0 Å². The van der Waals surface area contributed by atoms with Crippen LogP contribution in [0.5, 0.6) is 11.5 Å². The van der Waals surface area contributed by atoms with E-state index in [9.17, 15) is 0 Å². The smallest absolute Gasteiger partial charge is 0.122 e. The van der Waals surface area contributed by atoms with Crippen molar-refractivity contribution >= 4 is 0 Å². The second kappa shape index (κ2) is 22.7. The van der Waals surface area contributed by atoms with E-state index in [-0.39, 0.29) is 0 Å². The average molecular weight is 659 g/mol. The molecule has 48 heavy (non-hydrogen) atoms. The summed E-state index contributed by atoms with van der Waals surface area (Å²) < 4.78 is 12.8. The van der Waals surface area contributed by atoms with Crippen LogP contribution in [0.4, 0.5) is 0 Å². The van der Waals surface area contributed by atoms with Crippen molar-refractivity contribution in [1.29, 1.82) is 0 Å². The van der Waals surface area contributed by atoms with Crippen molar-refractivity contribution < 1.29 is 9.47 Å². The molecule has 2 aromatic rings. The van der Waals surface area contributed by atoms with Crippen LogP contribution in [-0.4, -0.2) is 13.2 Å². The van der Waals surface area contributed by atoms with Crippen molar-refractivity contribution in [3.63, 3.8) is 0 Å². The Balaban J connectivity index is 1.11. The summed E-state index contributed by atoms with van der Waals surface area (Å²) in [6, 6.07) is 13.5. The van der Waals surface area contributed by atoms with Gasteiger partial charge in [-0.25, -0.2) is 0 Å². The average Bonchev–Trinajstić information content (AvgIpc) is 3.11. The van der Waals surface area contributed by atoms with Gasteiger partial charge in [-0.2, -0.15) is 0 Å². The predicted octanol–water partition coefficient (Wildman–Crippen LogP) is 14.6. The molecule has 270 valence electrons. The fourth-order valence-electron chi connectivity index (χ4n) is 8.55. The van der Waals surface area contributed by atoms with Crippen LogP contribution in [0.3, 0.4) is 0 Å². The molecule has 0 radical (unpaired) electrons. The zero-order valence-electron chi connectivity index (χ0n) is 32.0. The molecule has 0 aromatic heterocycles. The molecular formula is C46H74O2. The van der Waals surface area contributed by atoms with Gasteiger partial charge < -0.3 is 9.47 Å². The molecule has 2 aromatic carbocycles. The van der Waals surface area contributed by atoms with Crippen molar-refractivity contribution in [3.05, 3.63) is 47.5 Å². The maximum absolute atomic E-state index is 6.41. The summed E-state index contributed by atoms with van der Waals surface area (Å²) in [5, 5.41) is 0. The topological polar surface area (TPSA) is 18.5 Å². The van der Waals surface area contributed by atoms with Crippen LogP contribution in [0.1, 0.15) is 179 Å². The van der Waals surface area contributed by atoms with Crippen molar-refractivity contribution in [1.82, 2.24) is 0 Å². The molecule has 0 saturated heterocycles. The Morgan fingerprint density at radius 2 is 0.771 bits per heavy atom. The highest BCUT2D eigenvalue weighted by Crippen LogP contribution is 2.36. The minimum atomic E-state index is 0.717. The number of hydrogen-bond donors (Lipinski definition) is 0. The Kier molecular flexibility index (Phi) is 18.4. The molecule has 0 heterocycles. The fraction of sp³-hybridized carbons (Fsp3) is 0.739. The third kappa shape index (κ3) is 14.1. The maximum atomic E-state index is 6.41. The van der Waals surface area contributed by atoms with E-state index in [2.05, 4.69) is 64.1 Å². The van der Waals surface area contributed by atoms with E-state index in [1.807, 2.05) is 0 Å². The zero-order chi connectivity index (χ0) is 33.8. The van der Waals surface area contributed by atoms with Gasteiger partial charge in [-0.1, -0.05) is 154 Å². The van der Waals surface area contributed by atoms with Crippen LogP contribution in [0.2, 0.25) is 0 Å². The third-order valence-corrected chi connectivity index (χ3v) is 12.0. The van der Waals surface area contributed by atoms with Gasteiger partial charge in [0.15, 0.2) is 0 Å². The predicted molar refractivity (Wildman–Crippen MR) is 208 cm³/mol. The summed E-state index contributed by atoms with van der Waals surface area (Å²) in [6.07, 6.45) is 33.8. The minimum Gasteiger partial charge on any atom is -0.493 e. The summed E-state index contributed by atoms with van der Waals surface area (Å²) in [5.41, 5.74) is 5.00. The Morgan fingerprint density at radius 1 is 0.438 bits per heavy atom. The first-order valence-electron chi connectivity index (χ1n) is 21.0. The van der Waals surface area contributed by atoms with Crippen molar-refractivity contribution in [2.75, 3.05) is 13.2 Å². The lowest BCUT2D eigenvalue weighted by Crippen LogP contribution is -2.20. The molecular weight excluding hydrogens is 585 g/mol. The van der Waals surface area contributed by atoms with Crippen LogP contribution in [0.15, 0.2) is 36.4 Å². The van der Waals surface area contributed by atoms with Crippen LogP contribution in [-0.2, 0) is 0 Å². The molecule has 4 rings (SSSR count). The Morgan fingerprint density at radius 3 is 1.12 bits per heavy atom. The van der Waals surface area contributed by atoms with E-state index in [1.54, 1.807) is 0 Å². The molecule has 0 aliphatic heterocycles. The normalized spacial score (nSPS) is 21.3. The van der Waals surface area contributed by atoms with Crippen molar-refractivity contribution in [3.8, 4) is 22.6 Å². The van der Waals surface area contributed by atoms with Gasteiger partial charge >= 0.3 is 0 Å². The van der Waals surface area contributed by atoms with Crippen LogP contribution in [0, 0.1) is 37.5 Å². The summed E-state index contributed by atoms with van der Waals surface area (Å²) >= 11 is 0. The lowest BCUT2D eigenvalue weighted by molar-refractivity contribution is 0.177. The molecule has 0 amide bonds. The van der Waals surface area contributed by atoms with Gasteiger partial charge in [0.2, 0.25) is 0 Å². The van der Waals surface area contributed by atoms with E-state index in [4.69, 9.17) is 9.47 Å². The largest absolute Gasteiger partial charge is 0.493 e. The molecule has 0 atom stereocenters. The molecule has 0 bridgehead atoms. The van der Waals surface area contributed by atoms with Gasteiger partial charge in [-0.15, -0.1) is 0 Å². The Labute approximate surface area is 297 Å². The first-order valence-corrected chi connectivity index (χ1v) is 21.0. The highest BCUT2D eigenvalue weighted by Gasteiger charge is 2.23. The zero-order valence-corrected chi connectivity index (χ0v) is 32.0. The lowest BCUT2D eigenvalue weighted by atomic mass is 9.80. The standard InChI is InChI=1S/C46H74O2/c1-5-7-9-11-13-15-17-19-39-21-25-41(26-22-39)35-47-45-31-29-43(33-37(45)3)44-30-32-46(38(4)34-44)48-36-42-27-23-40(24-28-42)20-18-16-14-12-10-8-6-2/h29-34,39-42H,5-28,35-36H2,1-4H3/t39-,40-,41-,42-. The second-order valence-electron chi connectivity index (χ2n) is 16.2. The van der Waals surface area contributed by atoms with Crippen LogP contribution >= 0.6 is 0 Å². The third-order valence-electron chi connectivity index (χ3n) is 12.0. The minimum absolute atomic E-state index is 0.717. The summed E-state index contributed by atoms with van der Waals surface area (Å²) in [5.74, 6) is 5.46. The van der Waals surface area contributed by atoms with E-state index < -0.39 is 0 Å². The summed E-state index contributed by atoms with van der Waals surface area (Å²) in [6.45, 7) is 10.7. The summed E-state index contributed by atoms with van der Waals surface area (Å²) in [7, 11) is 0. The monoisotopic (exact) mass is 659 g/mol. The Bertz CT molecular complexity index is 1030. The first kappa shape index (κ1) is 38.8. The number of ether oxygens (including phenoxy) is 2. The van der Waals surface area contributed by atoms with Gasteiger partial charge in [-0.05, 0) is 110 Å². The number of unbranched alkanes of at least 4 members (excludes halogenated alkanes) is 12. The molecule has 0 N–H and O–H groups in total. The second-order valence-corrected chi connectivity index (χ2v) is 16.2. The highest BCUT2D eigenvalue weighted by molar-refractivity contribution is 5.67. The van der Waals surface area contributed by atoms with E-state index in [1.165, 1.54) is 176 Å². The van der Waals surface area contributed by atoms with Crippen LogP contribution in [0.25, 0.3) is 11.1 Å². The summed E-state index contributed by atoms with van der Waals surface area (Å²) in [4.78, 5) is 0. The maximum Gasteiger partial charge on any atom is 0.122 e. The number of aryl methyl sites for hydroxylation is 2. The van der Waals surface area contributed by atoms with Gasteiger partial charge in [0.25, 0.3) is 0 Å². The quantitative estimate of drug-likeness (QED) is 0.111. The number of rotatable bonds is 23. The molecule has 0 spiro atoms. The molecule has 2 nitrogen and oxygen atoms in total. The number of benzene rings is 2. The molecule has 0 unspecified atom stereocenters. The van der Waals surface area contributed by atoms with Crippen LogP contribution < -0.4 is 9.47 Å². The fourth-order valence-corrected chi connectivity index (χ4v) is 8.55. The first-order chi connectivity index (χ1) is 23.6. The molecule has 2 aliphatic rings. The van der Waals surface area contributed by atoms with E-state index >= 15 is 0 Å². The SMILES string of the molecule is CCCCCCCCC[C@H]1CC[C@H](COc2ccc(-c3ccc(OC[C@H]4CC[C@H](CCCCCCCCC)CC4)c(C)c3)cc2C)CC1. The lowest BCUT2D eigenvalue weighted by Gasteiger charge is -2.28.